The molecule has 2 aromatic rings. The third-order valence-electron chi connectivity index (χ3n) is 2.59. The zero-order valence-corrected chi connectivity index (χ0v) is 12.0. The van der Waals surface area contributed by atoms with Crippen LogP contribution in [0.25, 0.3) is 10.8 Å². The van der Waals surface area contributed by atoms with Crippen molar-refractivity contribution in [2.45, 2.75) is 0 Å². The Morgan fingerprint density at radius 1 is 1.32 bits per heavy atom. The molecule has 6 heteroatoms. The molecule has 2 rings (SSSR count). The zero-order chi connectivity index (χ0) is 13.8. The van der Waals surface area contributed by atoms with Crippen LogP contribution in [0.2, 0.25) is 0 Å². The molecule has 0 aliphatic carbocycles. The van der Waals surface area contributed by atoms with E-state index in [1.54, 1.807) is 24.3 Å². The van der Waals surface area contributed by atoms with Crippen LogP contribution in [0.4, 0.5) is 0 Å². The highest BCUT2D eigenvalue weighted by Gasteiger charge is 2.13. The molecular weight excluding hydrogens is 363 g/mol. The number of aliphatic hydroxyl groups excluding tert-OH is 1. The maximum absolute atomic E-state index is 11.2. The van der Waals surface area contributed by atoms with Crippen molar-refractivity contribution in [3.63, 3.8) is 0 Å². The summed E-state index contributed by atoms with van der Waals surface area (Å²) in [5, 5.41) is 19.3. The summed E-state index contributed by atoms with van der Waals surface area (Å²) in [6.45, 7) is 0.0481. The number of ether oxygens (including phenoxy) is 1. The third kappa shape index (κ3) is 2.90. The first-order valence-corrected chi connectivity index (χ1v) is 7.44. The second-order valence-corrected chi connectivity index (χ2v) is 5.37. The predicted molar refractivity (Wildman–Crippen MR) is 76.9 cm³/mol. The van der Waals surface area contributed by atoms with Gasteiger partial charge in [-0.15, -0.1) is 0 Å². The van der Waals surface area contributed by atoms with Crippen molar-refractivity contribution in [2.24, 2.45) is 0 Å². The Kier molecular flexibility index (Phi) is 4.43. The van der Waals surface area contributed by atoms with Crippen molar-refractivity contribution in [1.82, 2.24) is 0 Å². The van der Waals surface area contributed by atoms with Crippen molar-refractivity contribution in [2.75, 3.05) is 13.2 Å². The Labute approximate surface area is 119 Å². The van der Waals surface area contributed by atoms with Crippen LogP contribution in [0.15, 0.2) is 30.3 Å². The van der Waals surface area contributed by atoms with Gasteiger partial charge >= 0.3 is 5.97 Å². The van der Waals surface area contributed by atoms with E-state index in [1.807, 2.05) is 0 Å². The van der Waals surface area contributed by atoms with Gasteiger partial charge in [-0.05, 0) is 23.6 Å². The number of carboxylic acids is 1. The topological polar surface area (TPSA) is 83.8 Å². The minimum Gasteiger partial charge on any atom is -0.491 e. The van der Waals surface area contributed by atoms with Gasteiger partial charge in [0.15, 0.2) is 21.2 Å². The first kappa shape index (κ1) is 13.9. The summed E-state index contributed by atoms with van der Waals surface area (Å²) in [7, 11) is 0. The SMILES string of the molecule is O=Ic1cc2c(OCCO)cccc2cc1C(=O)O. The fourth-order valence-electron chi connectivity index (χ4n) is 1.78. The van der Waals surface area contributed by atoms with Gasteiger partial charge in [-0.1, -0.05) is 12.1 Å². The molecule has 0 radical (unpaired) electrons. The molecule has 5 nitrogen and oxygen atoms in total. The molecule has 0 aliphatic rings. The summed E-state index contributed by atoms with van der Waals surface area (Å²) in [5.74, 6) is -0.545. The summed E-state index contributed by atoms with van der Waals surface area (Å²) < 4.78 is 16.9. The lowest BCUT2D eigenvalue weighted by atomic mass is 10.1. The van der Waals surface area contributed by atoms with Crippen molar-refractivity contribution < 1.29 is 22.8 Å². The van der Waals surface area contributed by atoms with Crippen LogP contribution in [0, 0.1) is 3.57 Å². The largest absolute Gasteiger partial charge is 0.491 e. The molecule has 0 bridgehead atoms. The normalized spacial score (nSPS) is 10.6. The van der Waals surface area contributed by atoms with E-state index in [-0.39, 0.29) is 18.8 Å². The molecule has 0 aromatic heterocycles. The Morgan fingerprint density at radius 2 is 2.11 bits per heavy atom. The van der Waals surface area contributed by atoms with Crippen LogP contribution in [0.3, 0.4) is 0 Å². The molecule has 0 saturated carbocycles. The van der Waals surface area contributed by atoms with Gasteiger partial charge in [0.25, 0.3) is 0 Å². The number of halogens is 1. The molecule has 2 N–H and O–H groups in total. The molecule has 100 valence electrons. The van der Waals surface area contributed by atoms with Gasteiger partial charge in [0.05, 0.1) is 15.7 Å². The highest BCUT2D eigenvalue weighted by Crippen LogP contribution is 2.30. The molecule has 0 atom stereocenters. The standard InChI is InChI=1S/C13H11IO5/c15-4-5-19-12-3-1-2-8-6-10(13(16)17)11(14-18)7-9(8)12/h1-3,6-7,15H,4-5H2,(H,16,17). The van der Waals surface area contributed by atoms with Crippen LogP contribution < -0.4 is 4.74 Å². The van der Waals surface area contributed by atoms with Gasteiger partial charge in [-0.25, -0.2) is 4.79 Å². The number of carboxylic acid groups (broad SMARTS) is 1. The highest BCUT2D eigenvalue weighted by molar-refractivity contribution is 14.1. The van der Waals surface area contributed by atoms with Gasteiger partial charge in [0, 0.05) is 5.39 Å². The van der Waals surface area contributed by atoms with E-state index in [2.05, 4.69) is 0 Å². The van der Waals surface area contributed by atoms with Gasteiger partial charge in [-0.3, -0.25) is 3.07 Å². The Morgan fingerprint density at radius 3 is 2.74 bits per heavy atom. The van der Waals surface area contributed by atoms with Crippen molar-refractivity contribution in [3.8, 4) is 5.75 Å². The van der Waals surface area contributed by atoms with Crippen molar-refractivity contribution in [3.05, 3.63) is 39.5 Å². The number of benzene rings is 2. The average molecular weight is 374 g/mol. The van der Waals surface area contributed by atoms with Crippen LogP contribution in [-0.4, -0.2) is 29.4 Å². The minimum atomic E-state index is -1.58. The Hall–Kier alpha value is -1.54. The van der Waals surface area contributed by atoms with Crippen molar-refractivity contribution in [1.29, 1.82) is 0 Å². The lowest BCUT2D eigenvalue weighted by Gasteiger charge is -2.09. The highest BCUT2D eigenvalue weighted by atomic mass is 127. The van der Waals surface area contributed by atoms with Gasteiger partial charge in [-0.2, -0.15) is 0 Å². The second kappa shape index (κ2) is 6.07. The molecule has 19 heavy (non-hydrogen) atoms. The molecule has 0 amide bonds. The maximum atomic E-state index is 11.2. The first-order chi connectivity index (χ1) is 9.17. The van der Waals surface area contributed by atoms with Gasteiger partial charge in [0.2, 0.25) is 0 Å². The van der Waals surface area contributed by atoms with Crippen LogP contribution in [0.1, 0.15) is 10.4 Å². The van der Waals surface area contributed by atoms with Crippen LogP contribution >= 0.6 is 21.2 Å². The average Bonchev–Trinajstić information content (AvgIpc) is 2.43. The number of aromatic carboxylic acids is 1. The first-order valence-electron chi connectivity index (χ1n) is 5.48. The number of hydrogen-bond acceptors (Lipinski definition) is 4. The Balaban J connectivity index is 2.63. The van der Waals surface area contributed by atoms with E-state index in [4.69, 9.17) is 14.9 Å². The monoisotopic (exact) mass is 374 g/mol. The molecule has 0 fully saturated rings. The summed E-state index contributed by atoms with van der Waals surface area (Å²) in [6.07, 6.45) is 0. The molecule has 0 spiro atoms. The fraction of sp³-hybridized carbons (Fsp3) is 0.154. The van der Waals surface area contributed by atoms with E-state index < -0.39 is 27.2 Å². The number of fused-ring (bicyclic) bond motifs is 1. The number of carbonyl (C=O) groups is 1. The van der Waals surface area contributed by atoms with Crippen LogP contribution in [-0.2, 0) is 3.07 Å². The lowest BCUT2D eigenvalue weighted by Crippen LogP contribution is -2.03. The smallest absolute Gasteiger partial charge is 0.336 e. The number of hydrogen-bond donors (Lipinski definition) is 2. The third-order valence-corrected chi connectivity index (χ3v) is 3.96. The molecule has 2 aromatic carbocycles. The minimum absolute atomic E-state index is 0.0645. The number of aliphatic hydroxyl groups is 1. The second-order valence-electron chi connectivity index (χ2n) is 3.76. The molecule has 0 aliphatic heterocycles. The summed E-state index contributed by atoms with van der Waals surface area (Å²) >= 11 is -1.58. The molecule has 0 unspecified atom stereocenters. The molecule has 0 saturated heterocycles. The zero-order valence-electron chi connectivity index (χ0n) is 9.80. The van der Waals surface area contributed by atoms with E-state index >= 15 is 0 Å². The summed E-state index contributed by atoms with van der Waals surface area (Å²) in [5.41, 5.74) is 0.0645. The fourth-order valence-corrected chi connectivity index (χ4v) is 2.84. The predicted octanol–water partition coefficient (Wildman–Crippen LogP) is 2.39. The van der Waals surface area contributed by atoms with E-state index in [0.29, 0.717) is 20.1 Å². The lowest BCUT2D eigenvalue weighted by molar-refractivity contribution is 0.0696. The molecular formula is C13H11IO5. The van der Waals surface area contributed by atoms with Crippen LogP contribution in [0.5, 0.6) is 5.75 Å². The quantitative estimate of drug-likeness (QED) is 0.786. The summed E-state index contributed by atoms with van der Waals surface area (Å²) in [6, 6.07) is 8.32. The van der Waals surface area contributed by atoms with E-state index in [1.165, 1.54) is 6.07 Å². The van der Waals surface area contributed by atoms with E-state index in [0.717, 1.165) is 0 Å². The van der Waals surface area contributed by atoms with Crippen molar-refractivity contribution >= 4 is 37.9 Å². The Bertz CT molecular complexity index is 638. The maximum Gasteiger partial charge on any atom is 0.336 e. The molecule has 0 heterocycles. The number of rotatable bonds is 5. The van der Waals surface area contributed by atoms with Gasteiger partial charge in [0.1, 0.15) is 12.4 Å². The van der Waals surface area contributed by atoms with Gasteiger partial charge < -0.3 is 14.9 Å². The van der Waals surface area contributed by atoms with E-state index in [9.17, 15) is 7.86 Å². The summed E-state index contributed by atoms with van der Waals surface area (Å²) in [4.78, 5) is 11.1.